The van der Waals surface area contributed by atoms with Gasteiger partial charge in [-0.25, -0.2) is 18.4 Å². The first-order chi connectivity index (χ1) is 15.6. The average Bonchev–Trinajstić information content (AvgIpc) is 2.76. The lowest BCUT2D eigenvalue weighted by atomic mass is 10.1. The summed E-state index contributed by atoms with van der Waals surface area (Å²) in [5.41, 5.74) is 3.37. The van der Waals surface area contributed by atoms with Gasteiger partial charge in [-0.2, -0.15) is 0 Å². The molecular weight excluding hydrogens is 466 g/mol. The van der Waals surface area contributed by atoms with Gasteiger partial charge in [0.15, 0.2) is 11.6 Å². The summed E-state index contributed by atoms with van der Waals surface area (Å²) >= 11 is 5.82. The largest absolute Gasteiger partial charge is 0.337 e. The summed E-state index contributed by atoms with van der Waals surface area (Å²) in [7, 11) is -4.24. The zero-order valence-electron chi connectivity index (χ0n) is 17.5. The highest BCUT2D eigenvalue weighted by molar-refractivity contribution is 7.92. The van der Waals surface area contributed by atoms with Gasteiger partial charge in [-0.1, -0.05) is 29.8 Å². The molecule has 0 fully saturated rings. The number of aryl methyl sites for hydroxylation is 2. The van der Waals surface area contributed by atoms with Crippen LogP contribution in [0.2, 0.25) is 5.02 Å². The second kappa shape index (κ2) is 8.64. The van der Waals surface area contributed by atoms with E-state index in [9.17, 15) is 18.5 Å². The summed E-state index contributed by atoms with van der Waals surface area (Å²) < 4.78 is 28.5. The van der Waals surface area contributed by atoms with Gasteiger partial charge in [-0.15, -0.1) is 0 Å². The fourth-order valence-corrected chi connectivity index (χ4v) is 4.32. The van der Waals surface area contributed by atoms with Gasteiger partial charge < -0.3 is 5.32 Å². The van der Waals surface area contributed by atoms with E-state index in [1.54, 1.807) is 24.3 Å². The maximum Gasteiger partial charge on any atom is 0.289 e. The van der Waals surface area contributed by atoms with Crippen LogP contribution in [0.15, 0.2) is 65.6 Å². The SMILES string of the molecule is Cc1ccc(Nc2nc3ccccc3nc2NS(=O)(=O)c2ccc(Cl)c([N+](=O)[O-])c2)cc1C. The lowest BCUT2D eigenvalue weighted by Gasteiger charge is -2.14. The summed E-state index contributed by atoms with van der Waals surface area (Å²) in [6, 6.07) is 16.0. The van der Waals surface area contributed by atoms with Crippen LogP contribution in [-0.4, -0.2) is 23.3 Å². The second-order valence-corrected chi connectivity index (χ2v) is 9.40. The molecule has 0 saturated carbocycles. The van der Waals surface area contributed by atoms with E-state index in [2.05, 4.69) is 20.0 Å². The first kappa shape index (κ1) is 22.4. The molecule has 2 N–H and O–H groups in total. The monoisotopic (exact) mass is 483 g/mol. The molecule has 0 aliphatic carbocycles. The van der Waals surface area contributed by atoms with Gasteiger partial charge >= 0.3 is 0 Å². The van der Waals surface area contributed by atoms with Crippen molar-refractivity contribution >= 4 is 55.7 Å². The molecule has 4 rings (SSSR count). The molecule has 0 aliphatic heterocycles. The topological polar surface area (TPSA) is 127 Å². The number of halogens is 1. The van der Waals surface area contributed by atoms with E-state index in [1.807, 2.05) is 32.0 Å². The Balaban J connectivity index is 1.79. The molecule has 3 aromatic carbocycles. The summed E-state index contributed by atoms with van der Waals surface area (Å²) in [4.78, 5) is 19.1. The maximum atomic E-state index is 13.1. The fraction of sp³-hybridized carbons (Fsp3) is 0.0909. The predicted molar refractivity (Wildman–Crippen MR) is 128 cm³/mol. The van der Waals surface area contributed by atoms with Crippen LogP contribution >= 0.6 is 11.6 Å². The van der Waals surface area contributed by atoms with E-state index in [0.717, 1.165) is 23.3 Å². The van der Waals surface area contributed by atoms with Gasteiger partial charge in [0.2, 0.25) is 0 Å². The molecule has 0 spiro atoms. The molecule has 1 heterocycles. The molecule has 168 valence electrons. The first-order valence-electron chi connectivity index (χ1n) is 9.72. The van der Waals surface area contributed by atoms with Crippen molar-refractivity contribution in [1.82, 2.24) is 9.97 Å². The number of sulfonamides is 1. The molecule has 0 bridgehead atoms. The zero-order chi connectivity index (χ0) is 23.8. The third-order valence-corrected chi connectivity index (χ3v) is 6.65. The lowest BCUT2D eigenvalue weighted by Crippen LogP contribution is -2.16. The number of nitrogens with one attached hydrogen (secondary N) is 2. The number of anilines is 3. The predicted octanol–water partition coefficient (Wildman–Crippen LogP) is 5.35. The minimum Gasteiger partial charge on any atom is -0.337 e. The van der Waals surface area contributed by atoms with Gasteiger partial charge in [0.1, 0.15) is 5.02 Å². The van der Waals surface area contributed by atoms with Crippen molar-refractivity contribution < 1.29 is 13.3 Å². The Hall–Kier alpha value is -3.76. The molecule has 0 radical (unpaired) electrons. The molecular formula is C22H18ClN5O4S. The van der Waals surface area contributed by atoms with Gasteiger partial charge in [-0.05, 0) is 61.4 Å². The lowest BCUT2D eigenvalue weighted by molar-refractivity contribution is -0.384. The van der Waals surface area contributed by atoms with Crippen molar-refractivity contribution in [3.63, 3.8) is 0 Å². The van der Waals surface area contributed by atoms with Crippen LogP contribution in [0.3, 0.4) is 0 Å². The summed E-state index contributed by atoms with van der Waals surface area (Å²) in [6.07, 6.45) is 0. The molecule has 0 saturated heterocycles. The highest BCUT2D eigenvalue weighted by atomic mass is 35.5. The fourth-order valence-electron chi connectivity index (χ4n) is 3.10. The number of hydrogen-bond acceptors (Lipinski definition) is 7. The van der Waals surface area contributed by atoms with E-state index in [-0.39, 0.29) is 21.6 Å². The minimum atomic E-state index is -4.24. The number of para-hydroxylation sites is 2. The molecule has 0 atom stereocenters. The third kappa shape index (κ3) is 4.71. The highest BCUT2D eigenvalue weighted by Crippen LogP contribution is 2.30. The summed E-state index contributed by atoms with van der Waals surface area (Å²) in [5.74, 6) is 0.133. The van der Waals surface area contributed by atoms with E-state index in [4.69, 9.17) is 11.6 Å². The van der Waals surface area contributed by atoms with Gasteiger partial charge in [-0.3, -0.25) is 14.8 Å². The number of rotatable bonds is 6. The number of benzene rings is 3. The number of nitro groups is 1. The smallest absolute Gasteiger partial charge is 0.289 e. The molecule has 4 aromatic rings. The normalized spacial score (nSPS) is 11.4. The Morgan fingerprint density at radius 2 is 1.58 bits per heavy atom. The van der Waals surface area contributed by atoms with Crippen LogP contribution in [0.5, 0.6) is 0 Å². The summed E-state index contributed by atoms with van der Waals surface area (Å²) in [6.45, 7) is 3.95. The minimum absolute atomic E-state index is 0.0514. The van der Waals surface area contributed by atoms with Gasteiger partial charge in [0.25, 0.3) is 15.7 Å². The van der Waals surface area contributed by atoms with Crippen molar-refractivity contribution in [2.75, 3.05) is 10.0 Å². The van der Waals surface area contributed by atoms with Crippen LogP contribution in [0.4, 0.5) is 23.0 Å². The molecule has 1 aromatic heterocycles. The zero-order valence-corrected chi connectivity index (χ0v) is 19.1. The number of hydrogen-bond donors (Lipinski definition) is 2. The van der Waals surface area contributed by atoms with E-state index < -0.39 is 20.6 Å². The number of nitrogens with zero attached hydrogens (tertiary/aromatic N) is 3. The van der Waals surface area contributed by atoms with Crippen LogP contribution in [0.25, 0.3) is 11.0 Å². The van der Waals surface area contributed by atoms with Crippen molar-refractivity contribution in [2.24, 2.45) is 0 Å². The van der Waals surface area contributed by atoms with Crippen LogP contribution in [0.1, 0.15) is 11.1 Å². The first-order valence-corrected chi connectivity index (χ1v) is 11.6. The second-order valence-electron chi connectivity index (χ2n) is 7.31. The quantitative estimate of drug-likeness (QED) is 0.279. The van der Waals surface area contributed by atoms with Crippen LogP contribution < -0.4 is 10.0 Å². The molecule has 0 amide bonds. The average molecular weight is 484 g/mol. The highest BCUT2D eigenvalue weighted by Gasteiger charge is 2.23. The Kier molecular flexibility index (Phi) is 5.88. The standard InChI is InChI=1S/C22H18ClN5O4S/c1-13-7-8-15(11-14(13)2)24-21-22(26-19-6-4-3-5-18(19)25-21)27-33(31,32)16-9-10-17(23)20(12-16)28(29)30/h3-12H,1-2H3,(H,24,25)(H,26,27). The number of fused-ring (bicyclic) bond motifs is 1. The van der Waals surface area contributed by atoms with Gasteiger partial charge in [0, 0.05) is 11.8 Å². The maximum absolute atomic E-state index is 13.1. The van der Waals surface area contributed by atoms with Crippen molar-refractivity contribution in [3.8, 4) is 0 Å². The Morgan fingerprint density at radius 3 is 2.21 bits per heavy atom. The van der Waals surface area contributed by atoms with Gasteiger partial charge in [0.05, 0.1) is 20.9 Å². The Bertz CT molecular complexity index is 1510. The molecule has 0 aliphatic rings. The Labute approximate surface area is 194 Å². The van der Waals surface area contributed by atoms with Crippen molar-refractivity contribution in [1.29, 1.82) is 0 Å². The van der Waals surface area contributed by atoms with Crippen molar-refractivity contribution in [2.45, 2.75) is 18.7 Å². The van der Waals surface area contributed by atoms with E-state index in [0.29, 0.717) is 16.7 Å². The van der Waals surface area contributed by atoms with Crippen molar-refractivity contribution in [3.05, 3.63) is 86.9 Å². The summed E-state index contributed by atoms with van der Waals surface area (Å²) in [5, 5.41) is 14.1. The van der Waals surface area contributed by atoms with Crippen LogP contribution in [0, 0.1) is 24.0 Å². The number of nitro benzene ring substituents is 1. The van der Waals surface area contributed by atoms with Crippen LogP contribution in [-0.2, 0) is 10.0 Å². The number of aromatic nitrogens is 2. The molecule has 9 nitrogen and oxygen atoms in total. The Morgan fingerprint density at radius 1 is 0.909 bits per heavy atom. The molecule has 33 heavy (non-hydrogen) atoms. The molecule has 0 unspecified atom stereocenters. The third-order valence-electron chi connectivity index (χ3n) is 5.00. The van der Waals surface area contributed by atoms with E-state index >= 15 is 0 Å². The van der Waals surface area contributed by atoms with E-state index in [1.165, 1.54) is 6.07 Å². The molecule has 11 heteroatoms.